The van der Waals surface area contributed by atoms with E-state index >= 15 is 0 Å². The molecule has 1 aromatic rings. The van der Waals surface area contributed by atoms with Crippen LogP contribution in [0.5, 0.6) is 0 Å². The molecular weight excluding hydrogens is 344 g/mol. The first kappa shape index (κ1) is 21.0. The van der Waals surface area contributed by atoms with Crippen LogP contribution < -0.4 is 15.5 Å². The van der Waals surface area contributed by atoms with Crippen molar-refractivity contribution in [1.82, 2.24) is 25.2 Å². The van der Waals surface area contributed by atoms with Crippen LogP contribution >= 0.6 is 0 Å². The number of hydrogen-bond acceptors (Lipinski definition) is 8. The van der Waals surface area contributed by atoms with Crippen LogP contribution in [0.25, 0.3) is 0 Å². The SMILES string of the molecule is CN(C)C(=O)/C=N/c1nc(NC2CC(C)(C)NC(C)(C)C2)nc(N(C)C)n1. The highest BCUT2D eigenvalue weighted by Gasteiger charge is 2.37. The van der Waals surface area contributed by atoms with Gasteiger partial charge in [0.25, 0.3) is 11.9 Å². The molecule has 0 spiro atoms. The summed E-state index contributed by atoms with van der Waals surface area (Å²) in [5.41, 5.74) is 0.0197. The molecule has 0 aromatic carbocycles. The van der Waals surface area contributed by atoms with Gasteiger partial charge in [0.05, 0.1) is 6.21 Å². The molecule has 27 heavy (non-hydrogen) atoms. The maximum atomic E-state index is 11.8. The van der Waals surface area contributed by atoms with E-state index in [-0.39, 0.29) is 29.0 Å². The summed E-state index contributed by atoms with van der Waals surface area (Å²) in [6.07, 6.45) is 3.10. The number of anilines is 2. The van der Waals surface area contributed by atoms with Gasteiger partial charge in [-0.3, -0.25) is 4.79 Å². The molecule has 1 aliphatic heterocycles. The predicted molar refractivity (Wildman–Crippen MR) is 109 cm³/mol. The molecule has 1 aliphatic rings. The maximum Gasteiger partial charge on any atom is 0.264 e. The zero-order valence-corrected chi connectivity index (χ0v) is 17.7. The number of nitrogens with zero attached hydrogens (tertiary/aromatic N) is 6. The first-order chi connectivity index (χ1) is 12.4. The monoisotopic (exact) mass is 376 g/mol. The molecule has 1 saturated heterocycles. The molecule has 0 saturated carbocycles. The Balaban J connectivity index is 2.26. The molecule has 2 rings (SSSR count). The predicted octanol–water partition coefficient (Wildman–Crippen LogP) is 1.45. The molecule has 9 nitrogen and oxygen atoms in total. The minimum Gasteiger partial charge on any atom is -0.351 e. The van der Waals surface area contributed by atoms with Gasteiger partial charge in [-0.25, -0.2) is 4.99 Å². The van der Waals surface area contributed by atoms with Crippen molar-refractivity contribution in [2.45, 2.75) is 57.7 Å². The molecule has 0 atom stereocenters. The van der Waals surface area contributed by atoms with Crippen LogP contribution in [0.4, 0.5) is 17.8 Å². The van der Waals surface area contributed by atoms with Crippen molar-refractivity contribution in [1.29, 1.82) is 0 Å². The van der Waals surface area contributed by atoms with Gasteiger partial charge in [0.15, 0.2) is 0 Å². The van der Waals surface area contributed by atoms with Gasteiger partial charge in [-0.2, -0.15) is 15.0 Å². The minimum absolute atomic E-state index is 0.00986. The average Bonchev–Trinajstić information content (AvgIpc) is 2.48. The highest BCUT2D eigenvalue weighted by molar-refractivity contribution is 6.26. The number of aromatic nitrogens is 3. The lowest BCUT2D eigenvalue weighted by Gasteiger charge is -2.46. The molecule has 1 aromatic heterocycles. The van der Waals surface area contributed by atoms with Crippen LogP contribution in [0, 0.1) is 0 Å². The Kier molecular flexibility index (Phi) is 6.04. The molecule has 0 unspecified atom stereocenters. The Labute approximate surface area is 161 Å². The van der Waals surface area contributed by atoms with Crippen molar-refractivity contribution in [3.8, 4) is 0 Å². The smallest absolute Gasteiger partial charge is 0.264 e. The molecule has 2 heterocycles. The average molecular weight is 377 g/mol. The van der Waals surface area contributed by atoms with Gasteiger partial charge in [-0.1, -0.05) is 0 Å². The number of hydrogen-bond donors (Lipinski definition) is 2. The quantitative estimate of drug-likeness (QED) is 0.751. The molecule has 0 radical (unpaired) electrons. The largest absolute Gasteiger partial charge is 0.351 e. The third-order valence-electron chi connectivity index (χ3n) is 4.27. The number of piperidine rings is 1. The van der Waals surface area contributed by atoms with Crippen molar-refractivity contribution >= 4 is 30.0 Å². The van der Waals surface area contributed by atoms with Crippen molar-refractivity contribution in [3.63, 3.8) is 0 Å². The second-order valence-electron chi connectivity index (χ2n) is 8.79. The van der Waals surface area contributed by atoms with E-state index in [4.69, 9.17) is 0 Å². The molecule has 150 valence electrons. The lowest BCUT2D eigenvalue weighted by molar-refractivity contribution is -0.121. The Morgan fingerprint density at radius 2 is 1.70 bits per heavy atom. The van der Waals surface area contributed by atoms with Gasteiger partial charge in [-0.15, -0.1) is 0 Å². The van der Waals surface area contributed by atoms with Crippen LogP contribution in [0.15, 0.2) is 4.99 Å². The Bertz CT molecular complexity index is 695. The van der Waals surface area contributed by atoms with E-state index in [0.29, 0.717) is 11.9 Å². The van der Waals surface area contributed by atoms with Gasteiger partial charge in [0.1, 0.15) is 0 Å². The van der Waals surface area contributed by atoms with E-state index in [1.807, 2.05) is 14.1 Å². The number of rotatable bonds is 5. The van der Waals surface area contributed by atoms with E-state index in [1.54, 1.807) is 19.0 Å². The van der Waals surface area contributed by atoms with Gasteiger partial charge < -0.3 is 20.4 Å². The first-order valence-electron chi connectivity index (χ1n) is 9.11. The molecule has 1 fully saturated rings. The highest BCUT2D eigenvalue weighted by Crippen LogP contribution is 2.30. The van der Waals surface area contributed by atoms with Crippen LogP contribution in [0.3, 0.4) is 0 Å². The molecule has 1 amide bonds. The second kappa shape index (κ2) is 7.75. The number of carbonyl (C=O) groups excluding carboxylic acids is 1. The van der Waals surface area contributed by atoms with Crippen LogP contribution in [0.1, 0.15) is 40.5 Å². The summed E-state index contributed by atoms with van der Waals surface area (Å²) in [5.74, 6) is 0.943. The summed E-state index contributed by atoms with van der Waals surface area (Å²) in [5, 5.41) is 7.11. The number of amides is 1. The fourth-order valence-corrected chi connectivity index (χ4v) is 3.51. The van der Waals surface area contributed by atoms with Crippen molar-refractivity contribution in [3.05, 3.63) is 0 Å². The first-order valence-corrected chi connectivity index (χ1v) is 9.11. The normalized spacial score (nSPS) is 19.1. The highest BCUT2D eigenvalue weighted by atomic mass is 16.2. The second-order valence-corrected chi connectivity index (χ2v) is 8.79. The lowest BCUT2D eigenvalue weighted by atomic mass is 9.80. The standard InChI is InChI=1S/C18H32N8O/c1-17(2)9-12(10-18(3,4)24-17)20-15-21-14(19-11-13(27)25(5)6)22-16(23-15)26(7)8/h11-12,24H,9-10H2,1-8H3,(H,20,21,22,23)/b19-11+. The van der Waals surface area contributed by atoms with Crippen molar-refractivity contribution < 1.29 is 4.79 Å². The summed E-state index contributed by atoms with van der Waals surface area (Å²) >= 11 is 0. The Hall–Kier alpha value is -2.29. The molecule has 9 heteroatoms. The summed E-state index contributed by atoms with van der Waals surface area (Å²) < 4.78 is 0. The zero-order valence-electron chi connectivity index (χ0n) is 17.7. The molecular formula is C18H32N8O. The van der Waals surface area contributed by atoms with Crippen LogP contribution in [-0.2, 0) is 4.79 Å². The summed E-state index contributed by atoms with van der Waals surface area (Å²) in [6.45, 7) is 8.79. The fourth-order valence-electron chi connectivity index (χ4n) is 3.51. The van der Waals surface area contributed by atoms with Crippen molar-refractivity contribution in [2.75, 3.05) is 38.4 Å². The van der Waals surface area contributed by atoms with E-state index in [2.05, 4.69) is 58.3 Å². The Morgan fingerprint density at radius 1 is 1.11 bits per heavy atom. The van der Waals surface area contributed by atoms with Gasteiger partial charge in [-0.05, 0) is 40.5 Å². The third-order valence-corrected chi connectivity index (χ3v) is 4.27. The van der Waals surface area contributed by atoms with E-state index in [0.717, 1.165) is 12.8 Å². The molecule has 0 aliphatic carbocycles. The maximum absolute atomic E-state index is 11.8. The molecule has 0 bridgehead atoms. The minimum atomic E-state index is -0.224. The van der Waals surface area contributed by atoms with Gasteiger partial charge >= 0.3 is 0 Å². The fraction of sp³-hybridized carbons (Fsp3) is 0.722. The van der Waals surface area contributed by atoms with E-state index < -0.39 is 0 Å². The van der Waals surface area contributed by atoms with E-state index in [1.165, 1.54) is 11.1 Å². The molecule has 2 N–H and O–H groups in total. The van der Waals surface area contributed by atoms with Crippen molar-refractivity contribution in [2.24, 2.45) is 4.99 Å². The topological polar surface area (TPSA) is 98.6 Å². The van der Waals surface area contributed by atoms with Crippen LogP contribution in [-0.4, -0.2) is 77.3 Å². The lowest BCUT2D eigenvalue weighted by Crippen LogP contribution is -2.60. The summed E-state index contributed by atoms with van der Waals surface area (Å²) in [6, 6.07) is 0.217. The van der Waals surface area contributed by atoms with Gasteiger partial charge in [0.2, 0.25) is 11.9 Å². The van der Waals surface area contributed by atoms with E-state index in [9.17, 15) is 4.79 Å². The number of carbonyl (C=O) groups is 1. The summed E-state index contributed by atoms with van der Waals surface area (Å²) in [4.78, 5) is 32.3. The van der Waals surface area contributed by atoms with Crippen LogP contribution in [0.2, 0.25) is 0 Å². The van der Waals surface area contributed by atoms with Gasteiger partial charge in [0, 0.05) is 45.3 Å². The number of nitrogens with one attached hydrogen (secondary N) is 2. The summed E-state index contributed by atoms with van der Waals surface area (Å²) in [7, 11) is 7.05. The Morgan fingerprint density at radius 3 is 2.22 bits per heavy atom. The number of aliphatic imine (C=N–C) groups is 1. The third kappa shape index (κ3) is 6.13. The zero-order chi connectivity index (χ0) is 20.4.